The Balaban J connectivity index is 1.97. The molecule has 0 aromatic heterocycles. The Kier molecular flexibility index (Phi) is 6.17. The Hall–Kier alpha value is -1.43. The van der Waals surface area contributed by atoms with Gasteiger partial charge in [-0.3, -0.25) is 4.79 Å². The third-order valence-corrected chi connectivity index (χ3v) is 3.77. The van der Waals surface area contributed by atoms with Crippen LogP contribution in [0.3, 0.4) is 0 Å². The van der Waals surface area contributed by atoms with Gasteiger partial charge in [0.05, 0.1) is 25.2 Å². The molecule has 1 aromatic rings. The molecule has 0 saturated carbocycles. The molecule has 0 bridgehead atoms. The minimum atomic E-state index is -0.931. The molecule has 21 heavy (non-hydrogen) atoms. The lowest BCUT2D eigenvalue weighted by molar-refractivity contribution is -0.162. The number of benzene rings is 1. The number of aliphatic hydroxyl groups excluding tert-OH is 1. The van der Waals surface area contributed by atoms with Gasteiger partial charge in [0.2, 0.25) is 0 Å². The second-order valence-electron chi connectivity index (χ2n) is 5.22. The standard InChI is InChI=1S/C16H22O5/c17-13-16(6-8-19-10-11-20-9-7-16)15(18)21-12-14-4-2-1-3-5-14/h1-5,17H,6-13H2. The van der Waals surface area contributed by atoms with E-state index in [1.165, 1.54) is 0 Å². The monoisotopic (exact) mass is 294 g/mol. The van der Waals surface area contributed by atoms with Gasteiger partial charge in [-0.05, 0) is 18.4 Å². The van der Waals surface area contributed by atoms with Gasteiger partial charge in [0, 0.05) is 13.2 Å². The smallest absolute Gasteiger partial charge is 0.314 e. The van der Waals surface area contributed by atoms with E-state index in [0.717, 1.165) is 5.56 Å². The van der Waals surface area contributed by atoms with Crippen molar-refractivity contribution in [2.45, 2.75) is 19.4 Å². The summed E-state index contributed by atoms with van der Waals surface area (Å²) in [7, 11) is 0. The summed E-state index contributed by atoms with van der Waals surface area (Å²) in [6.45, 7) is 1.83. The van der Waals surface area contributed by atoms with Crippen LogP contribution >= 0.6 is 0 Å². The first-order valence-corrected chi connectivity index (χ1v) is 7.24. The van der Waals surface area contributed by atoms with Crippen molar-refractivity contribution in [3.8, 4) is 0 Å². The number of ether oxygens (including phenoxy) is 3. The number of esters is 1. The van der Waals surface area contributed by atoms with Crippen LogP contribution in [-0.4, -0.2) is 44.1 Å². The summed E-state index contributed by atoms with van der Waals surface area (Å²) in [6, 6.07) is 9.50. The van der Waals surface area contributed by atoms with Crippen molar-refractivity contribution in [3.05, 3.63) is 35.9 Å². The van der Waals surface area contributed by atoms with Crippen molar-refractivity contribution in [1.29, 1.82) is 0 Å². The quantitative estimate of drug-likeness (QED) is 0.853. The largest absolute Gasteiger partial charge is 0.460 e. The number of carbonyl (C=O) groups excluding carboxylic acids is 1. The Labute approximate surface area is 124 Å². The average molecular weight is 294 g/mol. The molecule has 1 aliphatic heterocycles. The summed E-state index contributed by atoms with van der Waals surface area (Å²) in [4.78, 5) is 12.4. The molecule has 0 spiro atoms. The van der Waals surface area contributed by atoms with Crippen LogP contribution < -0.4 is 0 Å². The van der Waals surface area contributed by atoms with E-state index < -0.39 is 5.41 Å². The van der Waals surface area contributed by atoms with Gasteiger partial charge in [-0.2, -0.15) is 0 Å². The SMILES string of the molecule is O=C(OCc1ccccc1)C1(CO)CCOCCOCC1. The van der Waals surface area contributed by atoms with Gasteiger partial charge < -0.3 is 19.3 Å². The molecule has 0 unspecified atom stereocenters. The van der Waals surface area contributed by atoms with Gasteiger partial charge in [-0.15, -0.1) is 0 Å². The van der Waals surface area contributed by atoms with Gasteiger partial charge in [0.25, 0.3) is 0 Å². The normalized spacial score (nSPS) is 19.1. The number of hydrogen-bond donors (Lipinski definition) is 1. The number of rotatable bonds is 4. The maximum absolute atomic E-state index is 12.4. The van der Waals surface area contributed by atoms with Gasteiger partial charge in [0.1, 0.15) is 6.61 Å². The van der Waals surface area contributed by atoms with Crippen LogP contribution in [0.1, 0.15) is 18.4 Å². The van der Waals surface area contributed by atoms with Gasteiger partial charge >= 0.3 is 5.97 Å². The molecule has 1 aliphatic rings. The van der Waals surface area contributed by atoms with Crippen molar-refractivity contribution < 1.29 is 24.1 Å². The predicted octanol–water partition coefficient (Wildman–Crippen LogP) is 1.54. The number of aliphatic hydroxyl groups is 1. The first-order chi connectivity index (χ1) is 10.3. The molecule has 116 valence electrons. The molecule has 0 aliphatic carbocycles. The fourth-order valence-electron chi connectivity index (χ4n) is 2.29. The van der Waals surface area contributed by atoms with Gasteiger partial charge in [-0.25, -0.2) is 0 Å². The van der Waals surface area contributed by atoms with E-state index in [1.54, 1.807) is 0 Å². The van der Waals surface area contributed by atoms with Crippen molar-refractivity contribution in [3.63, 3.8) is 0 Å². The average Bonchev–Trinajstić information content (AvgIpc) is 2.66. The summed E-state index contributed by atoms with van der Waals surface area (Å²) in [6.07, 6.45) is 0.890. The van der Waals surface area contributed by atoms with Gasteiger partial charge in [-0.1, -0.05) is 30.3 Å². The summed E-state index contributed by atoms with van der Waals surface area (Å²) in [5.74, 6) is -0.386. The molecule has 5 nitrogen and oxygen atoms in total. The highest BCUT2D eigenvalue weighted by Crippen LogP contribution is 2.29. The summed E-state index contributed by atoms with van der Waals surface area (Å²) in [5.41, 5.74) is -0.00596. The second kappa shape index (κ2) is 8.12. The maximum Gasteiger partial charge on any atom is 0.314 e. The first kappa shape index (κ1) is 15.9. The predicted molar refractivity (Wildman–Crippen MR) is 76.6 cm³/mol. The molecule has 2 rings (SSSR count). The van der Waals surface area contributed by atoms with E-state index in [-0.39, 0.29) is 19.2 Å². The van der Waals surface area contributed by atoms with Crippen LogP contribution in [0.25, 0.3) is 0 Å². The molecular weight excluding hydrogens is 272 g/mol. The molecule has 1 aromatic carbocycles. The maximum atomic E-state index is 12.4. The molecule has 1 fully saturated rings. The Morgan fingerprint density at radius 1 is 1.10 bits per heavy atom. The van der Waals surface area contributed by atoms with Crippen molar-refractivity contribution in [2.75, 3.05) is 33.0 Å². The third-order valence-electron chi connectivity index (χ3n) is 3.77. The van der Waals surface area contributed by atoms with Crippen LogP contribution in [0.15, 0.2) is 30.3 Å². The minimum absolute atomic E-state index is 0.211. The molecule has 0 atom stereocenters. The molecule has 5 heteroatoms. The number of carbonyl (C=O) groups is 1. The van der Waals surface area contributed by atoms with E-state index >= 15 is 0 Å². The Bertz CT molecular complexity index is 422. The van der Waals surface area contributed by atoms with Crippen LogP contribution in [0, 0.1) is 5.41 Å². The zero-order valence-corrected chi connectivity index (χ0v) is 12.1. The number of hydrogen-bond acceptors (Lipinski definition) is 5. The lowest BCUT2D eigenvalue weighted by atomic mass is 9.82. The van der Waals surface area contributed by atoms with E-state index in [2.05, 4.69) is 0 Å². The zero-order valence-electron chi connectivity index (χ0n) is 12.1. The Morgan fingerprint density at radius 2 is 1.71 bits per heavy atom. The van der Waals surface area contributed by atoms with Crippen molar-refractivity contribution in [1.82, 2.24) is 0 Å². The third kappa shape index (κ3) is 4.52. The van der Waals surface area contributed by atoms with Crippen LogP contribution in [0.2, 0.25) is 0 Å². The summed E-state index contributed by atoms with van der Waals surface area (Å²) >= 11 is 0. The highest BCUT2D eigenvalue weighted by Gasteiger charge is 2.39. The van der Waals surface area contributed by atoms with E-state index in [0.29, 0.717) is 39.3 Å². The molecular formula is C16H22O5. The second-order valence-corrected chi connectivity index (χ2v) is 5.22. The molecule has 1 N–H and O–H groups in total. The fourth-order valence-corrected chi connectivity index (χ4v) is 2.29. The van der Waals surface area contributed by atoms with E-state index in [4.69, 9.17) is 14.2 Å². The zero-order chi connectivity index (χ0) is 15.0. The summed E-state index contributed by atoms with van der Waals surface area (Å²) < 4.78 is 16.2. The lowest BCUT2D eigenvalue weighted by Gasteiger charge is -2.28. The van der Waals surface area contributed by atoms with Gasteiger partial charge in [0.15, 0.2) is 0 Å². The topological polar surface area (TPSA) is 65.0 Å². The van der Waals surface area contributed by atoms with Crippen LogP contribution in [-0.2, 0) is 25.6 Å². The highest BCUT2D eigenvalue weighted by molar-refractivity contribution is 5.77. The highest BCUT2D eigenvalue weighted by atomic mass is 16.5. The van der Waals surface area contributed by atoms with E-state index in [9.17, 15) is 9.90 Å². The van der Waals surface area contributed by atoms with Crippen molar-refractivity contribution in [2.24, 2.45) is 5.41 Å². The molecule has 0 amide bonds. The minimum Gasteiger partial charge on any atom is -0.460 e. The van der Waals surface area contributed by atoms with Crippen LogP contribution in [0.4, 0.5) is 0 Å². The molecule has 0 radical (unpaired) electrons. The Morgan fingerprint density at radius 3 is 2.29 bits per heavy atom. The lowest BCUT2D eigenvalue weighted by Crippen LogP contribution is -2.38. The summed E-state index contributed by atoms with van der Waals surface area (Å²) in [5, 5.41) is 9.71. The molecule has 1 saturated heterocycles. The van der Waals surface area contributed by atoms with Crippen LogP contribution in [0.5, 0.6) is 0 Å². The first-order valence-electron chi connectivity index (χ1n) is 7.24. The van der Waals surface area contributed by atoms with E-state index in [1.807, 2.05) is 30.3 Å². The molecule has 1 heterocycles. The fraction of sp³-hybridized carbons (Fsp3) is 0.562. The van der Waals surface area contributed by atoms with Crippen molar-refractivity contribution >= 4 is 5.97 Å².